The number of piperidine rings is 1. The van der Waals surface area contributed by atoms with E-state index in [9.17, 15) is 0 Å². The Kier molecular flexibility index (Phi) is 7.28. The van der Waals surface area contributed by atoms with Gasteiger partial charge in [0.25, 0.3) is 0 Å². The molecule has 0 bridgehead atoms. The molecule has 2 aromatic rings. The third kappa shape index (κ3) is 5.57. The Bertz CT molecular complexity index is 696. The van der Waals surface area contributed by atoms with Crippen molar-refractivity contribution < 1.29 is 4.74 Å². The van der Waals surface area contributed by atoms with Crippen molar-refractivity contribution in [3.05, 3.63) is 36.3 Å². The van der Waals surface area contributed by atoms with Crippen molar-refractivity contribution in [1.29, 1.82) is 0 Å². The first-order valence-electron chi connectivity index (χ1n) is 9.00. The van der Waals surface area contributed by atoms with E-state index < -0.39 is 0 Å². The lowest BCUT2D eigenvalue weighted by atomic mass is 10.1. The number of ether oxygens (including phenoxy) is 1. The van der Waals surface area contributed by atoms with Crippen LogP contribution in [0.4, 0.5) is 0 Å². The van der Waals surface area contributed by atoms with Gasteiger partial charge in [0.1, 0.15) is 5.65 Å². The quantitative estimate of drug-likeness (QED) is 0.424. The fraction of sp³-hybridized carbons (Fsp3) is 0.579. The highest BCUT2D eigenvalue weighted by molar-refractivity contribution is 14.0. The zero-order valence-corrected chi connectivity index (χ0v) is 18.4. The van der Waals surface area contributed by atoms with Gasteiger partial charge < -0.3 is 19.4 Å². The monoisotopic (exact) mass is 471 g/mol. The number of fused-ring (bicyclic) bond motifs is 1. The van der Waals surface area contributed by atoms with Crippen LogP contribution in [-0.4, -0.2) is 52.1 Å². The van der Waals surface area contributed by atoms with Crippen molar-refractivity contribution in [2.24, 2.45) is 4.99 Å². The van der Waals surface area contributed by atoms with E-state index in [0.717, 1.165) is 43.2 Å². The second-order valence-corrected chi connectivity index (χ2v) is 7.52. The van der Waals surface area contributed by atoms with Gasteiger partial charge in [-0.3, -0.25) is 4.99 Å². The smallest absolute Gasteiger partial charge is 0.193 e. The highest BCUT2D eigenvalue weighted by atomic mass is 127. The molecule has 3 heterocycles. The maximum atomic E-state index is 6.10. The number of hydrogen-bond acceptors (Lipinski definition) is 3. The van der Waals surface area contributed by atoms with E-state index in [2.05, 4.69) is 47.2 Å². The van der Waals surface area contributed by atoms with Gasteiger partial charge in [-0.1, -0.05) is 6.07 Å². The zero-order chi connectivity index (χ0) is 17.9. The largest absolute Gasteiger partial charge is 0.372 e. The molecule has 7 heteroatoms. The first-order valence-corrected chi connectivity index (χ1v) is 9.00. The van der Waals surface area contributed by atoms with Crippen LogP contribution in [0.25, 0.3) is 5.65 Å². The van der Waals surface area contributed by atoms with Crippen LogP contribution in [0.3, 0.4) is 0 Å². The van der Waals surface area contributed by atoms with Gasteiger partial charge in [0.15, 0.2) is 5.96 Å². The van der Waals surface area contributed by atoms with Crippen molar-refractivity contribution >= 4 is 35.6 Å². The van der Waals surface area contributed by atoms with Gasteiger partial charge in [0.2, 0.25) is 0 Å². The van der Waals surface area contributed by atoms with Crippen LogP contribution >= 0.6 is 24.0 Å². The summed E-state index contributed by atoms with van der Waals surface area (Å²) in [7, 11) is 1.84. The maximum absolute atomic E-state index is 6.10. The molecule has 3 rings (SSSR count). The molecule has 6 nitrogen and oxygen atoms in total. The van der Waals surface area contributed by atoms with Crippen LogP contribution in [0.2, 0.25) is 0 Å². The molecule has 0 aliphatic carbocycles. The zero-order valence-electron chi connectivity index (χ0n) is 16.1. The average Bonchev–Trinajstić information content (AvgIpc) is 2.98. The average molecular weight is 471 g/mol. The summed E-state index contributed by atoms with van der Waals surface area (Å²) in [6.07, 6.45) is 6.48. The number of aromatic nitrogens is 2. The molecule has 0 amide bonds. The fourth-order valence-electron chi connectivity index (χ4n) is 3.26. The van der Waals surface area contributed by atoms with Gasteiger partial charge in [-0.2, -0.15) is 0 Å². The van der Waals surface area contributed by atoms with Gasteiger partial charge in [0.05, 0.1) is 23.9 Å². The fourth-order valence-corrected chi connectivity index (χ4v) is 3.26. The first-order chi connectivity index (χ1) is 11.9. The Labute approximate surface area is 173 Å². The van der Waals surface area contributed by atoms with Gasteiger partial charge in [-0.25, -0.2) is 4.98 Å². The lowest BCUT2D eigenvalue weighted by Gasteiger charge is -2.36. The third-order valence-electron chi connectivity index (χ3n) is 4.32. The number of imidazole rings is 1. The standard InChI is InChI=1S/C19H29N5O.HI/c1-19(2,3)25-16-8-11-23(12-9-16)18(20-4)21-13-15-14-24-10-6-5-7-17(24)22-15;/h5-7,10,14,16H,8-9,11-13H2,1-4H3,(H,20,21);1H. The second-order valence-electron chi connectivity index (χ2n) is 7.52. The minimum Gasteiger partial charge on any atom is -0.372 e. The Morgan fingerprint density at radius 2 is 2.04 bits per heavy atom. The molecule has 1 aliphatic rings. The lowest BCUT2D eigenvalue weighted by molar-refractivity contribution is -0.0772. The molecule has 0 saturated carbocycles. The van der Waals surface area contributed by atoms with Crippen molar-refractivity contribution in [3.63, 3.8) is 0 Å². The number of guanidine groups is 1. The Hall–Kier alpha value is -1.35. The van der Waals surface area contributed by atoms with Gasteiger partial charge in [-0.05, 0) is 45.7 Å². The molecule has 26 heavy (non-hydrogen) atoms. The van der Waals surface area contributed by atoms with Crippen LogP contribution in [0.1, 0.15) is 39.3 Å². The first kappa shape index (κ1) is 21.0. The minimum absolute atomic E-state index is 0. The van der Waals surface area contributed by atoms with E-state index in [1.807, 2.05) is 35.8 Å². The summed E-state index contributed by atoms with van der Waals surface area (Å²) < 4.78 is 8.14. The number of aliphatic imine (C=N–C) groups is 1. The highest BCUT2D eigenvalue weighted by Gasteiger charge is 2.25. The van der Waals surface area contributed by atoms with E-state index in [0.29, 0.717) is 12.6 Å². The normalized spacial score (nSPS) is 16.6. The van der Waals surface area contributed by atoms with E-state index in [1.165, 1.54) is 0 Å². The van der Waals surface area contributed by atoms with E-state index in [-0.39, 0.29) is 29.6 Å². The van der Waals surface area contributed by atoms with E-state index in [1.54, 1.807) is 0 Å². The number of nitrogens with one attached hydrogen (secondary N) is 1. The van der Waals surface area contributed by atoms with Gasteiger partial charge >= 0.3 is 0 Å². The number of rotatable bonds is 3. The minimum atomic E-state index is -0.0735. The predicted molar refractivity (Wildman–Crippen MR) is 116 cm³/mol. The topological polar surface area (TPSA) is 54.2 Å². The molecule has 1 N–H and O–H groups in total. The molecule has 1 saturated heterocycles. The van der Waals surface area contributed by atoms with Crippen molar-refractivity contribution in [2.75, 3.05) is 20.1 Å². The number of likely N-dealkylation sites (tertiary alicyclic amines) is 1. The van der Waals surface area contributed by atoms with Gasteiger partial charge in [0, 0.05) is 32.5 Å². The number of pyridine rings is 1. The summed E-state index contributed by atoms with van der Waals surface area (Å²) in [5, 5.41) is 3.44. The summed E-state index contributed by atoms with van der Waals surface area (Å²) >= 11 is 0. The van der Waals surface area contributed by atoms with Crippen molar-refractivity contribution in [3.8, 4) is 0 Å². The predicted octanol–water partition coefficient (Wildman–Crippen LogP) is 3.31. The molecule has 0 atom stereocenters. The van der Waals surface area contributed by atoms with Crippen LogP contribution in [0.5, 0.6) is 0 Å². The number of nitrogens with zero attached hydrogens (tertiary/aromatic N) is 4. The van der Waals surface area contributed by atoms with Crippen LogP contribution in [-0.2, 0) is 11.3 Å². The van der Waals surface area contributed by atoms with E-state index in [4.69, 9.17) is 4.74 Å². The molecule has 0 spiro atoms. The lowest BCUT2D eigenvalue weighted by Crippen LogP contribution is -2.47. The second kappa shape index (κ2) is 9.03. The summed E-state index contributed by atoms with van der Waals surface area (Å²) in [6.45, 7) is 8.96. The molecular weight excluding hydrogens is 441 g/mol. The SMILES string of the molecule is CN=C(NCc1cn2ccccc2n1)N1CCC(OC(C)(C)C)CC1.I. The summed E-state index contributed by atoms with van der Waals surface area (Å²) in [6, 6.07) is 6.02. The number of halogens is 1. The van der Waals surface area contributed by atoms with Crippen LogP contribution < -0.4 is 5.32 Å². The van der Waals surface area contributed by atoms with E-state index >= 15 is 0 Å². The molecule has 1 fully saturated rings. The Morgan fingerprint density at radius 1 is 1.31 bits per heavy atom. The van der Waals surface area contributed by atoms with Gasteiger partial charge in [-0.15, -0.1) is 24.0 Å². The molecule has 144 valence electrons. The van der Waals surface area contributed by atoms with Crippen molar-refractivity contribution in [2.45, 2.75) is 51.9 Å². The Morgan fingerprint density at radius 3 is 2.65 bits per heavy atom. The molecule has 0 unspecified atom stereocenters. The molecule has 1 aliphatic heterocycles. The third-order valence-corrected chi connectivity index (χ3v) is 4.32. The molecule has 2 aromatic heterocycles. The van der Waals surface area contributed by atoms with Crippen LogP contribution in [0, 0.1) is 0 Å². The molecular formula is C19H30IN5O. The number of hydrogen-bond donors (Lipinski definition) is 1. The summed E-state index contributed by atoms with van der Waals surface area (Å²) in [4.78, 5) is 11.4. The Balaban J connectivity index is 0.00000243. The van der Waals surface area contributed by atoms with Crippen LogP contribution in [0.15, 0.2) is 35.6 Å². The summed E-state index contributed by atoms with van der Waals surface area (Å²) in [5.41, 5.74) is 1.91. The molecule has 0 aromatic carbocycles. The highest BCUT2D eigenvalue weighted by Crippen LogP contribution is 2.20. The summed E-state index contributed by atoms with van der Waals surface area (Å²) in [5.74, 6) is 0.936. The maximum Gasteiger partial charge on any atom is 0.193 e. The van der Waals surface area contributed by atoms with Crippen molar-refractivity contribution in [1.82, 2.24) is 19.6 Å². The molecule has 0 radical (unpaired) electrons.